The van der Waals surface area contributed by atoms with E-state index >= 15 is 0 Å². The molecule has 0 atom stereocenters. The monoisotopic (exact) mass is 130 g/mol. The number of allylic oxidation sites excluding steroid dienone is 1. The van der Waals surface area contributed by atoms with Crippen LogP contribution in [0.25, 0.3) is 0 Å². The molecule has 2 nitrogen and oxygen atoms in total. The summed E-state index contributed by atoms with van der Waals surface area (Å²) in [6, 6.07) is 0. The van der Waals surface area contributed by atoms with Crippen LogP contribution in [0.3, 0.4) is 0 Å². The lowest BCUT2D eigenvalue weighted by atomic mass is 10.2. The minimum absolute atomic E-state index is 0.178. The number of hydrogen-bond donors (Lipinski definition) is 1. The third kappa shape index (κ3) is 3.46. The van der Waals surface area contributed by atoms with E-state index in [1.807, 2.05) is 0 Å². The fourth-order valence-electron chi connectivity index (χ4n) is 0.307. The third-order valence-corrected chi connectivity index (χ3v) is 0.708. The van der Waals surface area contributed by atoms with Gasteiger partial charge >= 0.3 is 5.97 Å². The Labute approximate surface area is 52.3 Å². The highest BCUT2D eigenvalue weighted by molar-refractivity contribution is 5.86. The third-order valence-electron chi connectivity index (χ3n) is 0.708. The highest BCUT2D eigenvalue weighted by atomic mass is 19.1. The quantitative estimate of drug-likeness (QED) is 0.588. The molecule has 0 aliphatic heterocycles. The van der Waals surface area contributed by atoms with Crippen LogP contribution in [0.1, 0.15) is 6.42 Å². The maximum atomic E-state index is 11.8. The minimum Gasteiger partial charge on any atom is -0.478 e. The van der Waals surface area contributed by atoms with Crippen molar-refractivity contribution in [2.24, 2.45) is 0 Å². The van der Waals surface area contributed by atoms with E-state index in [2.05, 4.69) is 13.2 Å². The van der Waals surface area contributed by atoms with Crippen LogP contribution in [0.5, 0.6) is 0 Å². The predicted molar refractivity (Wildman–Crippen MR) is 31.6 cm³/mol. The van der Waals surface area contributed by atoms with Crippen molar-refractivity contribution in [3.63, 3.8) is 0 Å². The van der Waals surface area contributed by atoms with Gasteiger partial charge in [-0.05, 0) is 0 Å². The van der Waals surface area contributed by atoms with E-state index in [0.29, 0.717) is 0 Å². The Balaban J connectivity index is 3.79. The van der Waals surface area contributed by atoms with Crippen LogP contribution in [0.15, 0.2) is 24.6 Å². The number of rotatable bonds is 3. The van der Waals surface area contributed by atoms with Crippen molar-refractivity contribution in [2.75, 3.05) is 0 Å². The van der Waals surface area contributed by atoms with Gasteiger partial charge in [0.15, 0.2) is 0 Å². The number of carboxylic acid groups (broad SMARTS) is 1. The Morgan fingerprint density at radius 1 is 1.56 bits per heavy atom. The summed E-state index contributed by atoms with van der Waals surface area (Å²) in [4.78, 5) is 9.93. The van der Waals surface area contributed by atoms with Crippen LogP contribution >= 0.6 is 0 Å². The molecule has 0 saturated heterocycles. The smallest absolute Gasteiger partial charge is 0.331 e. The average Bonchev–Trinajstić information content (AvgIpc) is 1.63. The van der Waals surface area contributed by atoms with Gasteiger partial charge in [-0.1, -0.05) is 13.2 Å². The van der Waals surface area contributed by atoms with Gasteiger partial charge in [0.25, 0.3) is 0 Å². The van der Waals surface area contributed by atoms with Gasteiger partial charge in [0.2, 0.25) is 0 Å². The van der Waals surface area contributed by atoms with E-state index in [-0.39, 0.29) is 12.0 Å². The van der Waals surface area contributed by atoms with Crippen LogP contribution in [-0.4, -0.2) is 11.1 Å². The molecule has 0 aromatic carbocycles. The zero-order valence-corrected chi connectivity index (χ0v) is 4.85. The van der Waals surface area contributed by atoms with Crippen LogP contribution in [0.2, 0.25) is 0 Å². The van der Waals surface area contributed by atoms with Crippen molar-refractivity contribution in [1.82, 2.24) is 0 Å². The number of hydrogen-bond acceptors (Lipinski definition) is 1. The maximum absolute atomic E-state index is 11.8. The molecule has 0 aromatic heterocycles. The van der Waals surface area contributed by atoms with Crippen LogP contribution in [0.4, 0.5) is 4.39 Å². The van der Waals surface area contributed by atoms with Crippen LogP contribution in [-0.2, 0) is 4.79 Å². The molecule has 9 heavy (non-hydrogen) atoms. The van der Waals surface area contributed by atoms with Gasteiger partial charge in [0.1, 0.15) is 0 Å². The highest BCUT2D eigenvalue weighted by Crippen LogP contribution is 2.07. The zero-order chi connectivity index (χ0) is 7.44. The second-order valence-electron chi connectivity index (χ2n) is 1.60. The van der Waals surface area contributed by atoms with Gasteiger partial charge < -0.3 is 5.11 Å². The first-order valence-electron chi connectivity index (χ1n) is 2.28. The van der Waals surface area contributed by atoms with Gasteiger partial charge in [-0.3, -0.25) is 0 Å². The Kier molecular flexibility index (Phi) is 2.64. The molecular formula is C6H7FO2. The molecule has 0 aromatic rings. The second-order valence-corrected chi connectivity index (χ2v) is 1.60. The number of halogens is 1. The van der Waals surface area contributed by atoms with Crippen molar-refractivity contribution in [3.8, 4) is 0 Å². The van der Waals surface area contributed by atoms with Crippen LogP contribution < -0.4 is 0 Å². The minimum atomic E-state index is -1.19. The maximum Gasteiger partial charge on any atom is 0.331 e. The number of carbonyl (C=O) groups is 1. The summed E-state index contributed by atoms with van der Waals surface area (Å²) >= 11 is 0. The fraction of sp³-hybridized carbons (Fsp3) is 0.167. The molecule has 50 valence electrons. The van der Waals surface area contributed by atoms with Crippen molar-refractivity contribution < 1.29 is 14.3 Å². The Morgan fingerprint density at radius 3 is 2.11 bits per heavy atom. The molecule has 0 unspecified atom stereocenters. The normalized spacial score (nSPS) is 8.56. The molecule has 0 heterocycles. The summed E-state index contributed by atoms with van der Waals surface area (Å²) < 4.78 is 11.8. The molecule has 0 rings (SSSR count). The summed E-state index contributed by atoms with van der Waals surface area (Å²) in [7, 11) is 0. The molecule has 0 spiro atoms. The molecule has 0 radical (unpaired) electrons. The first-order chi connectivity index (χ1) is 4.04. The first kappa shape index (κ1) is 7.88. The van der Waals surface area contributed by atoms with Gasteiger partial charge in [0.05, 0.1) is 5.83 Å². The summed E-state index contributed by atoms with van der Waals surface area (Å²) in [5.74, 6) is -1.86. The molecule has 0 saturated carbocycles. The summed E-state index contributed by atoms with van der Waals surface area (Å²) in [5.41, 5.74) is -0.178. The van der Waals surface area contributed by atoms with Crippen LogP contribution in [0, 0.1) is 0 Å². The molecule has 0 aliphatic carbocycles. The Bertz CT molecular complexity index is 160. The molecule has 0 aliphatic rings. The first-order valence-corrected chi connectivity index (χ1v) is 2.28. The van der Waals surface area contributed by atoms with E-state index < -0.39 is 11.8 Å². The molecule has 0 fully saturated rings. The largest absolute Gasteiger partial charge is 0.478 e. The van der Waals surface area contributed by atoms with Crippen molar-refractivity contribution in [1.29, 1.82) is 0 Å². The van der Waals surface area contributed by atoms with Crippen molar-refractivity contribution in [3.05, 3.63) is 24.6 Å². The predicted octanol–water partition coefficient (Wildman–Crippen LogP) is 1.50. The number of carboxylic acids is 1. The lowest BCUT2D eigenvalue weighted by Crippen LogP contribution is -1.97. The summed E-state index contributed by atoms with van der Waals surface area (Å²) in [5, 5.41) is 8.12. The van der Waals surface area contributed by atoms with E-state index in [1.54, 1.807) is 0 Å². The van der Waals surface area contributed by atoms with Crippen molar-refractivity contribution in [2.45, 2.75) is 6.42 Å². The SMILES string of the molecule is C=C(F)CC(=C)C(=O)O. The molecule has 0 bridgehead atoms. The van der Waals surface area contributed by atoms with Gasteiger partial charge in [-0.25, -0.2) is 9.18 Å². The average molecular weight is 130 g/mol. The highest BCUT2D eigenvalue weighted by Gasteiger charge is 2.03. The Morgan fingerprint density at radius 2 is 2.00 bits per heavy atom. The molecule has 0 amide bonds. The molecular weight excluding hydrogens is 123 g/mol. The molecule has 3 heteroatoms. The summed E-state index contributed by atoms with van der Waals surface area (Å²) in [6.45, 7) is 5.98. The van der Waals surface area contributed by atoms with Gasteiger partial charge in [-0.2, -0.15) is 0 Å². The van der Waals surface area contributed by atoms with Crippen molar-refractivity contribution >= 4 is 5.97 Å². The molecule has 1 N–H and O–H groups in total. The van der Waals surface area contributed by atoms with E-state index in [1.165, 1.54) is 0 Å². The fourth-order valence-corrected chi connectivity index (χ4v) is 0.307. The second kappa shape index (κ2) is 3.02. The standard InChI is InChI=1S/C6H7FO2/c1-4(6(8)9)3-5(2)7/h1-3H2,(H,8,9). The van der Waals surface area contributed by atoms with E-state index in [4.69, 9.17) is 5.11 Å². The topological polar surface area (TPSA) is 37.3 Å². The van der Waals surface area contributed by atoms with Gasteiger partial charge in [-0.15, -0.1) is 0 Å². The summed E-state index contributed by atoms with van der Waals surface area (Å²) in [6.07, 6.45) is -0.282. The van der Waals surface area contributed by atoms with E-state index in [9.17, 15) is 9.18 Å². The lowest BCUT2D eigenvalue weighted by Gasteiger charge is -1.93. The number of aliphatic carboxylic acids is 1. The Hall–Kier alpha value is -1.12. The van der Waals surface area contributed by atoms with E-state index in [0.717, 1.165) is 0 Å². The lowest BCUT2D eigenvalue weighted by molar-refractivity contribution is -0.132. The zero-order valence-electron chi connectivity index (χ0n) is 4.85. The van der Waals surface area contributed by atoms with Gasteiger partial charge in [0, 0.05) is 12.0 Å².